The number of aromatic nitrogens is 4. The van der Waals surface area contributed by atoms with E-state index in [9.17, 15) is 9.59 Å². The first-order valence-electron chi connectivity index (χ1n) is 16.0. The van der Waals surface area contributed by atoms with E-state index in [1.807, 2.05) is 123 Å². The third-order valence-corrected chi connectivity index (χ3v) is 8.42. The van der Waals surface area contributed by atoms with Crippen molar-refractivity contribution in [2.75, 3.05) is 18.1 Å². The van der Waals surface area contributed by atoms with Crippen molar-refractivity contribution >= 4 is 22.4 Å². The minimum atomic E-state index is -0.0657. The first kappa shape index (κ1) is 33.4. The highest BCUT2D eigenvalue weighted by Crippen LogP contribution is 2.42. The smallest absolute Gasteiger partial charge is 0.250 e. The monoisotopic (exact) mass is 666 g/mol. The fraction of sp³-hybridized carbons (Fsp3) is 0.125. The molecule has 0 amide bonds. The molecule has 3 heterocycles. The number of benzene rings is 4. The minimum absolute atomic E-state index is 0.0472. The molecule has 0 atom stereocenters. The minimum Gasteiger partial charge on any atom is -0.454 e. The molecule has 3 aromatic heterocycles. The van der Waals surface area contributed by atoms with Crippen LogP contribution in [0.2, 0.25) is 0 Å². The van der Waals surface area contributed by atoms with Crippen molar-refractivity contribution in [1.29, 1.82) is 0 Å². The predicted molar refractivity (Wildman–Crippen MR) is 200 cm³/mol. The van der Waals surface area contributed by atoms with Crippen molar-refractivity contribution in [1.82, 2.24) is 18.7 Å². The summed E-state index contributed by atoms with van der Waals surface area (Å²) in [5, 5.41) is 3.06. The summed E-state index contributed by atoms with van der Waals surface area (Å²) < 4.78 is 17.4. The SMILES string of the molecule is CNc1ccc(-c2ccc(=O)n(C)c2)c(Oc2ccccc2)c1N.Cc1nc2c(Oc3ccccc3)c(-c3ccc(=O)n(C)c3)ccc2n1C. The van der Waals surface area contributed by atoms with Gasteiger partial charge in [0, 0.05) is 75.0 Å². The Morgan fingerprint density at radius 3 is 1.66 bits per heavy atom. The summed E-state index contributed by atoms with van der Waals surface area (Å²) in [6.07, 6.45) is 3.59. The van der Waals surface area contributed by atoms with E-state index in [-0.39, 0.29) is 11.1 Å². The summed E-state index contributed by atoms with van der Waals surface area (Å²) in [6.45, 7) is 1.97. The molecule has 0 fully saturated rings. The van der Waals surface area contributed by atoms with E-state index < -0.39 is 0 Å². The second-order valence-electron chi connectivity index (χ2n) is 11.7. The largest absolute Gasteiger partial charge is 0.454 e. The van der Waals surface area contributed by atoms with Gasteiger partial charge < -0.3 is 34.2 Å². The first-order chi connectivity index (χ1) is 24.1. The highest BCUT2D eigenvalue weighted by Gasteiger charge is 2.18. The quantitative estimate of drug-likeness (QED) is 0.169. The van der Waals surface area contributed by atoms with Crippen molar-refractivity contribution in [3.63, 3.8) is 0 Å². The Balaban J connectivity index is 0.000000174. The van der Waals surface area contributed by atoms with Gasteiger partial charge in [-0.05, 0) is 67.6 Å². The van der Waals surface area contributed by atoms with Crippen LogP contribution in [0.5, 0.6) is 23.0 Å². The number of fused-ring (bicyclic) bond motifs is 1. The number of rotatable bonds is 7. The van der Waals surface area contributed by atoms with Crippen LogP contribution in [0, 0.1) is 6.92 Å². The van der Waals surface area contributed by atoms with Crippen LogP contribution in [0.4, 0.5) is 11.4 Å². The van der Waals surface area contributed by atoms with Gasteiger partial charge in [0.2, 0.25) is 11.1 Å². The number of pyridine rings is 2. The fourth-order valence-corrected chi connectivity index (χ4v) is 5.56. The van der Waals surface area contributed by atoms with Gasteiger partial charge in [-0.1, -0.05) is 36.4 Å². The molecular weight excluding hydrogens is 628 g/mol. The number of nitrogens with zero attached hydrogens (tertiary/aromatic N) is 4. The lowest BCUT2D eigenvalue weighted by Crippen LogP contribution is -2.14. The Hall–Kier alpha value is -6.55. The van der Waals surface area contributed by atoms with Gasteiger partial charge >= 0.3 is 0 Å². The Morgan fingerprint density at radius 1 is 0.640 bits per heavy atom. The molecule has 0 saturated carbocycles. The molecular formula is C40H38N6O4. The highest BCUT2D eigenvalue weighted by atomic mass is 16.5. The van der Waals surface area contributed by atoms with Gasteiger partial charge in [0.05, 0.1) is 16.9 Å². The molecule has 0 saturated heterocycles. The summed E-state index contributed by atoms with van der Waals surface area (Å²) in [5.41, 5.74) is 12.8. The number of hydrogen-bond acceptors (Lipinski definition) is 7. The Morgan fingerprint density at radius 2 is 1.14 bits per heavy atom. The second kappa shape index (κ2) is 14.3. The Bertz CT molecular complexity index is 2410. The van der Waals surface area contributed by atoms with E-state index in [0.29, 0.717) is 22.9 Å². The van der Waals surface area contributed by atoms with E-state index in [1.54, 1.807) is 37.0 Å². The fourth-order valence-electron chi connectivity index (χ4n) is 5.56. The zero-order valence-electron chi connectivity index (χ0n) is 28.5. The molecule has 7 rings (SSSR count). The third-order valence-electron chi connectivity index (χ3n) is 8.42. The summed E-state index contributed by atoms with van der Waals surface area (Å²) in [5.74, 6) is 3.61. The number of imidazole rings is 1. The molecule has 0 aliphatic heterocycles. The van der Waals surface area contributed by atoms with Gasteiger partial charge in [-0.2, -0.15) is 0 Å². The zero-order chi connectivity index (χ0) is 35.4. The van der Waals surface area contributed by atoms with E-state index >= 15 is 0 Å². The Labute approximate surface area is 289 Å². The van der Waals surface area contributed by atoms with E-state index in [4.69, 9.17) is 20.2 Å². The molecule has 7 aromatic rings. The molecule has 50 heavy (non-hydrogen) atoms. The molecule has 0 unspecified atom stereocenters. The van der Waals surface area contributed by atoms with Crippen LogP contribution in [0.3, 0.4) is 0 Å². The number of anilines is 2. The van der Waals surface area contributed by atoms with Gasteiger partial charge in [-0.3, -0.25) is 9.59 Å². The van der Waals surface area contributed by atoms with Crippen molar-refractivity contribution in [2.45, 2.75) is 6.92 Å². The number of nitrogen functional groups attached to an aromatic ring is 1. The normalized spacial score (nSPS) is 10.7. The molecule has 0 spiro atoms. The topological polar surface area (TPSA) is 118 Å². The predicted octanol–water partition coefficient (Wildman–Crippen LogP) is 7.51. The summed E-state index contributed by atoms with van der Waals surface area (Å²) in [4.78, 5) is 28.1. The van der Waals surface area contributed by atoms with Crippen LogP contribution in [0.1, 0.15) is 5.82 Å². The van der Waals surface area contributed by atoms with Gasteiger partial charge in [0.25, 0.3) is 0 Å². The molecule has 10 nitrogen and oxygen atoms in total. The van der Waals surface area contributed by atoms with Crippen LogP contribution < -0.4 is 31.6 Å². The molecule has 10 heteroatoms. The molecule has 0 aliphatic carbocycles. The third kappa shape index (κ3) is 6.86. The lowest BCUT2D eigenvalue weighted by Gasteiger charge is -2.17. The van der Waals surface area contributed by atoms with Crippen LogP contribution in [-0.2, 0) is 21.1 Å². The first-order valence-corrected chi connectivity index (χ1v) is 16.0. The van der Waals surface area contributed by atoms with Crippen LogP contribution in [-0.4, -0.2) is 25.7 Å². The maximum absolute atomic E-state index is 11.8. The summed E-state index contributed by atoms with van der Waals surface area (Å²) >= 11 is 0. The number of ether oxygens (including phenoxy) is 2. The number of hydrogen-bond donors (Lipinski definition) is 2. The van der Waals surface area contributed by atoms with Crippen molar-refractivity contribution < 1.29 is 9.47 Å². The maximum atomic E-state index is 11.8. The molecule has 252 valence electrons. The standard InChI is InChI=1S/C21H19N3O2.C19H19N3O2/c1-14-22-20-18(24(14)3)11-10-17(15-9-12-19(25)23(2)13-15)21(20)26-16-7-5-4-6-8-16;1-21-16-10-9-15(13-8-11-17(23)22(2)12-13)19(18(16)20)24-14-6-4-3-5-7-14/h4-13H,1-3H3;3-12,21H,20H2,1-2H3. The molecule has 4 aromatic carbocycles. The van der Waals surface area contributed by atoms with Crippen molar-refractivity contribution in [3.8, 4) is 45.3 Å². The lowest BCUT2D eigenvalue weighted by molar-refractivity contribution is 0.487. The maximum Gasteiger partial charge on any atom is 0.250 e. The van der Waals surface area contributed by atoms with Crippen molar-refractivity contribution in [2.24, 2.45) is 21.1 Å². The van der Waals surface area contributed by atoms with E-state index in [0.717, 1.165) is 50.5 Å². The number of aryl methyl sites for hydroxylation is 4. The molecule has 0 bridgehead atoms. The summed E-state index contributed by atoms with van der Waals surface area (Å²) in [7, 11) is 7.26. The van der Waals surface area contributed by atoms with Crippen LogP contribution >= 0.6 is 0 Å². The molecule has 3 N–H and O–H groups in total. The van der Waals surface area contributed by atoms with Gasteiger partial charge in [-0.15, -0.1) is 0 Å². The molecule has 0 radical (unpaired) electrons. The lowest BCUT2D eigenvalue weighted by atomic mass is 10.0. The van der Waals surface area contributed by atoms with Crippen LogP contribution in [0.15, 0.2) is 131 Å². The number of nitrogens with one attached hydrogen (secondary N) is 1. The number of nitrogens with two attached hydrogens (primary N) is 1. The molecule has 0 aliphatic rings. The van der Waals surface area contributed by atoms with Gasteiger partial charge in [0.1, 0.15) is 22.8 Å². The Kier molecular flexibility index (Phi) is 9.53. The number of para-hydroxylation sites is 2. The zero-order valence-corrected chi connectivity index (χ0v) is 28.5. The van der Waals surface area contributed by atoms with E-state index in [1.165, 1.54) is 10.6 Å². The van der Waals surface area contributed by atoms with Gasteiger partial charge in [0.15, 0.2) is 11.5 Å². The van der Waals surface area contributed by atoms with Gasteiger partial charge in [-0.25, -0.2) is 4.98 Å². The summed E-state index contributed by atoms with van der Waals surface area (Å²) in [6, 6.07) is 33.7. The van der Waals surface area contributed by atoms with Crippen LogP contribution in [0.25, 0.3) is 33.3 Å². The average Bonchev–Trinajstić information content (AvgIpc) is 3.42. The average molecular weight is 667 g/mol. The second-order valence-corrected chi connectivity index (χ2v) is 11.7. The van der Waals surface area contributed by atoms with E-state index in [2.05, 4.69) is 5.32 Å². The highest BCUT2D eigenvalue weighted by molar-refractivity contribution is 5.91. The van der Waals surface area contributed by atoms with Crippen molar-refractivity contribution in [3.05, 3.63) is 148 Å².